The van der Waals surface area contributed by atoms with Gasteiger partial charge in [-0.15, -0.1) is 0 Å². The number of fused-ring (bicyclic) bond motifs is 3. The zero-order valence-corrected chi connectivity index (χ0v) is 51.9. The highest BCUT2D eigenvalue weighted by molar-refractivity contribution is 6.00. The number of carboxylic acids is 2. The first-order chi connectivity index (χ1) is 42.1. The molecule has 502 valence electrons. The van der Waals surface area contributed by atoms with Crippen LogP contribution >= 0.6 is 0 Å². The largest absolute Gasteiger partial charge is 0.479 e. The average molecular weight is 1270 g/mol. The van der Waals surface area contributed by atoms with E-state index in [9.17, 15) is 88.5 Å². The van der Waals surface area contributed by atoms with Crippen LogP contribution in [0.2, 0.25) is 0 Å². The van der Waals surface area contributed by atoms with Crippen LogP contribution < -0.4 is 32.3 Å². The molecule has 89 heavy (non-hydrogen) atoms. The monoisotopic (exact) mass is 1270 g/mol. The number of nitrogens with one attached hydrogen (secondary N) is 5. The Bertz CT molecular complexity index is 2500. The van der Waals surface area contributed by atoms with E-state index in [4.69, 9.17) is 10.5 Å². The van der Waals surface area contributed by atoms with Crippen LogP contribution in [0.5, 0.6) is 0 Å². The van der Waals surface area contributed by atoms with E-state index < -0.39 is 164 Å². The first-order valence-electron chi connectivity index (χ1n) is 30.7. The lowest BCUT2D eigenvalue weighted by atomic mass is 10.0. The van der Waals surface area contributed by atoms with Gasteiger partial charge in [0.05, 0.1) is 31.6 Å². The summed E-state index contributed by atoms with van der Waals surface area (Å²) in [6.07, 6.45) is -2.96. The molecule has 4 saturated heterocycles. The minimum Gasteiger partial charge on any atom is -0.479 e. The molecule has 8 amide bonds. The van der Waals surface area contributed by atoms with Crippen LogP contribution in [0.1, 0.15) is 130 Å². The van der Waals surface area contributed by atoms with Crippen LogP contribution in [0.3, 0.4) is 0 Å². The predicted octanol–water partition coefficient (Wildman–Crippen LogP) is -4.28. The standard InChI is InChI=1S/C57H95N13O19/c1-32(2)17-12-10-8-7-9-11-13-18-34-29-40(74)63-41(33(3)72)53(83)69-25-16-21-38(69)52(82)68-24-15-20-37(68)48(78)61-35(19-14-23-59-57(58)60-31-67(6)28-27-66(4)5)47(77)64-42(45(75)54(84)85)49(79)62-36(30-71)51(81)70-26-22-39(73)44(70)50(80)65-43(56(88)89-34)46(76)55(86)87/h31-39,41-46,71-73,75-76H,7-30H2,1-6H3,(H2,58,59)(H,61,78)(H,62,79)(H,63,74)(H,64,77)(H,65,80)(H,84,85)(H,86,87)/b60-31+/t33-,34-,35+,36-,37+,38-,39+,41-,42-,43+,44+,45-,46+/m1/s1. The molecule has 13 atom stereocenters. The lowest BCUT2D eigenvalue weighted by Gasteiger charge is -2.34. The number of aliphatic carboxylic acids is 2. The molecule has 14 N–H and O–H groups in total. The number of guanidine groups is 1. The maximum atomic E-state index is 14.6. The van der Waals surface area contributed by atoms with Crippen molar-refractivity contribution in [1.29, 1.82) is 0 Å². The first kappa shape index (κ1) is 74.3. The van der Waals surface area contributed by atoms with Gasteiger partial charge in [-0.2, -0.15) is 0 Å². The van der Waals surface area contributed by atoms with E-state index >= 15 is 0 Å². The molecule has 0 unspecified atom stereocenters. The van der Waals surface area contributed by atoms with Gasteiger partial charge in [-0.25, -0.2) is 19.4 Å². The van der Waals surface area contributed by atoms with Gasteiger partial charge in [-0.3, -0.25) is 43.3 Å². The van der Waals surface area contributed by atoms with Gasteiger partial charge in [-0.1, -0.05) is 58.8 Å². The molecule has 4 aliphatic heterocycles. The van der Waals surface area contributed by atoms with E-state index in [1.807, 2.05) is 29.6 Å². The third kappa shape index (κ3) is 22.7. The molecule has 0 radical (unpaired) electrons. The van der Waals surface area contributed by atoms with Gasteiger partial charge in [0.2, 0.25) is 53.2 Å². The molecule has 32 nitrogen and oxygen atoms in total. The predicted molar refractivity (Wildman–Crippen MR) is 318 cm³/mol. The number of ether oxygens (including phenoxy) is 1. The third-order valence-corrected chi connectivity index (χ3v) is 16.1. The van der Waals surface area contributed by atoms with Crippen molar-refractivity contribution < 1.29 is 93.2 Å². The summed E-state index contributed by atoms with van der Waals surface area (Å²) < 4.78 is 5.68. The van der Waals surface area contributed by atoms with E-state index in [0.717, 1.165) is 43.4 Å². The molecule has 0 saturated carbocycles. The lowest BCUT2D eigenvalue weighted by Crippen LogP contribution is -2.64. The van der Waals surface area contributed by atoms with Crippen LogP contribution in [0, 0.1) is 5.92 Å². The Morgan fingerprint density at radius 3 is 1.84 bits per heavy atom. The zero-order chi connectivity index (χ0) is 66.2. The average Bonchev–Trinajstić information content (AvgIpc) is 1.88. The summed E-state index contributed by atoms with van der Waals surface area (Å²) >= 11 is 0. The van der Waals surface area contributed by atoms with Gasteiger partial charge in [0.1, 0.15) is 48.4 Å². The smallest absolute Gasteiger partial charge is 0.335 e. The summed E-state index contributed by atoms with van der Waals surface area (Å²) in [7, 11) is 5.56. The number of carbonyl (C=O) groups is 11. The van der Waals surface area contributed by atoms with Gasteiger partial charge in [0.25, 0.3) is 0 Å². The van der Waals surface area contributed by atoms with E-state index in [2.05, 4.69) is 39.8 Å². The molecule has 0 aromatic rings. The molecule has 4 heterocycles. The Morgan fingerprint density at radius 2 is 1.24 bits per heavy atom. The maximum Gasteiger partial charge on any atom is 0.335 e. The highest BCUT2D eigenvalue weighted by Crippen LogP contribution is 2.27. The molecule has 4 fully saturated rings. The van der Waals surface area contributed by atoms with Gasteiger partial charge in [0, 0.05) is 46.3 Å². The Labute approximate surface area is 517 Å². The number of cyclic esters (lactones) is 1. The molecule has 0 bridgehead atoms. The molecular weight excluding hydrogens is 1170 g/mol. The lowest BCUT2D eigenvalue weighted by molar-refractivity contribution is -0.165. The molecule has 4 aliphatic rings. The summed E-state index contributed by atoms with van der Waals surface area (Å²) in [6.45, 7) is 4.89. The summed E-state index contributed by atoms with van der Waals surface area (Å²) in [4.78, 5) is 168. The number of aliphatic hydroxyl groups excluding tert-OH is 5. The van der Waals surface area contributed by atoms with Gasteiger partial charge in [-0.05, 0) is 84.7 Å². The van der Waals surface area contributed by atoms with E-state index in [-0.39, 0.29) is 77.0 Å². The fourth-order valence-corrected chi connectivity index (χ4v) is 11.0. The quantitative estimate of drug-likeness (QED) is 0.0188. The van der Waals surface area contributed by atoms with Crippen LogP contribution in [-0.2, 0) is 57.5 Å². The third-order valence-electron chi connectivity index (χ3n) is 16.1. The normalized spacial score (nSPS) is 27.2. The Hall–Kier alpha value is -7.13. The van der Waals surface area contributed by atoms with Crippen LogP contribution in [0.4, 0.5) is 0 Å². The number of rotatable bonds is 24. The molecule has 32 heteroatoms. The van der Waals surface area contributed by atoms with E-state index in [0.29, 0.717) is 36.7 Å². The number of carbonyl (C=O) groups excluding carboxylic acids is 9. The highest BCUT2D eigenvalue weighted by atomic mass is 16.5. The van der Waals surface area contributed by atoms with E-state index in [1.165, 1.54) is 18.2 Å². The molecular formula is C57H95N13O19. The Morgan fingerprint density at radius 1 is 0.652 bits per heavy atom. The number of nitrogens with zero attached hydrogens (tertiary/aromatic N) is 7. The van der Waals surface area contributed by atoms with Crippen molar-refractivity contribution in [1.82, 2.24) is 51.1 Å². The number of hydrogen-bond donors (Lipinski definition) is 13. The van der Waals surface area contributed by atoms with Gasteiger partial charge >= 0.3 is 17.9 Å². The number of nitrogens with two attached hydrogens (primary N) is 1. The van der Waals surface area contributed by atoms with Gasteiger partial charge < -0.3 is 97.3 Å². The molecule has 4 rings (SSSR count). The van der Waals surface area contributed by atoms with Crippen molar-refractivity contribution in [2.75, 3.05) is 67.0 Å². The maximum absolute atomic E-state index is 14.6. The van der Waals surface area contributed by atoms with Gasteiger partial charge in [0.15, 0.2) is 18.2 Å². The second kappa shape index (κ2) is 36.5. The van der Waals surface area contributed by atoms with Crippen LogP contribution in [0.25, 0.3) is 0 Å². The molecule has 0 aliphatic carbocycles. The van der Waals surface area contributed by atoms with Crippen molar-refractivity contribution in [2.45, 2.75) is 209 Å². The van der Waals surface area contributed by atoms with Crippen molar-refractivity contribution in [3.05, 3.63) is 0 Å². The minimum atomic E-state index is -2.77. The minimum absolute atomic E-state index is 0.00307. The fraction of sp³-hybridized carbons (Fsp3) is 0.772. The molecule has 0 aromatic heterocycles. The van der Waals surface area contributed by atoms with Crippen LogP contribution in [0.15, 0.2) is 9.98 Å². The number of carboxylic acid groups (broad SMARTS) is 2. The summed E-state index contributed by atoms with van der Waals surface area (Å²) in [6, 6.07) is -15.0. The van der Waals surface area contributed by atoms with Crippen molar-refractivity contribution in [2.24, 2.45) is 21.6 Å². The highest BCUT2D eigenvalue weighted by Gasteiger charge is 2.49. The number of aliphatic hydroxyl groups is 5. The number of esters is 1. The summed E-state index contributed by atoms with van der Waals surface area (Å²) in [5.41, 5.74) is 6.02. The summed E-state index contributed by atoms with van der Waals surface area (Å²) in [5.74, 6) is -14.4. The number of likely N-dealkylation sites (N-methyl/N-ethyl adjacent to an activating group) is 2. The second-order valence-corrected chi connectivity index (χ2v) is 24.0. The fourth-order valence-electron chi connectivity index (χ4n) is 11.0. The first-order valence-corrected chi connectivity index (χ1v) is 30.7. The number of hydrogen-bond acceptors (Lipinski definition) is 19. The zero-order valence-electron chi connectivity index (χ0n) is 51.9. The molecule has 0 aromatic carbocycles. The Balaban J connectivity index is 1.77. The number of amides is 8. The van der Waals surface area contributed by atoms with E-state index in [1.54, 1.807) is 11.9 Å². The van der Waals surface area contributed by atoms with Crippen molar-refractivity contribution in [3.8, 4) is 0 Å². The van der Waals surface area contributed by atoms with Crippen LogP contribution in [-0.4, -0.2) is 284 Å². The number of aliphatic imine (C=N–C) groups is 2. The topological polar surface area (TPSA) is 466 Å². The second-order valence-electron chi connectivity index (χ2n) is 24.0. The SMILES string of the molecule is CC(C)CCCCCCCCC[C@@H]1CC(=O)N[C@H]([C@@H](C)O)C(=O)N2CCC[C@@H]2C(=O)N2CCC[C@H]2C(=O)N[C@@H](CCCN=C(N)/N=C/N(C)CCN(C)C)C(=O)N[C@H]([C@@H](O)C(=O)O)C(=O)N[C@H](CO)C(=O)N2CC[C@H](O)[C@H]2C(=O)N[C@@H]([C@H](O)C(=O)O)C(=O)O1. The number of unbranched alkanes of at least 4 members (excludes halogenated alkanes) is 6. The van der Waals surface area contributed by atoms with Crippen molar-refractivity contribution >= 4 is 77.5 Å². The Kier molecular flexibility index (Phi) is 30.5. The van der Waals surface area contributed by atoms with Crippen molar-refractivity contribution in [3.63, 3.8) is 0 Å². The summed E-state index contributed by atoms with van der Waals surface area (Å²) in [5, 5.41) is 85.6. The molecule has 0 spiro atoms.